The highest BCUT2D eigenvalue weighted by Crippen LogP contribution is 2.17. The molecule has 5 nitrogen and oxygen atoms in total. The van der Waals surface area contributed by atoms with Gasteiger partial charge in [-0.15, -0.1) is 0 Å². The third kappa shape index (κ3) is 4.53. The number of ether oxygens (including phenoxy) is 1. The topological polar surface area (TPSA) is 79.9 Å². The number of amidine groups is 1. The van der Waals surface area contributed by atoms with E-state index in [1.165, 1.54) is 0 Å². The van der Waals surface area contributed by atoms with Crippen LogP contribution in [0.5, 0.6) is 5.75 Å². The summed E-state index contributed by atoms with van der Waals surface area (Å²) in [5.41, 5.74) is 6.50. The van der Waals surface area contributed by atoms with Gasteiger partial charge < -0.3 is 21.0 Å². The van der Waals surface area contributed by atoms with Crippen molar-refractivity contribution in [3.63, 3.8) is 0 Å². The monoisotopic (exact) mass is 251 g/mol. The molecule has 0 saturated heterocycles. The summed E-state index contributed by atoms with van der Waals surface area (Å²) in [6.07, 6.45) is 1.41. The number of nitrogens with two attached hydrogens (primary N) is 1. The second-order valence-electron chi connectivity index (χ2n) is 4.00. The second-order valence-corrected chi connectivity index (χ2v) is 4.00. The van der Waals surface area contributed by atoms with Crippen molar-refractivity contribution in [2.24, 2.45) is 10.9 Å². The fourth-order valence-electron chi connectivity index (χ4n) is 1.64. The first-order valence-electron chi connectivity index (χ1n) is 6.15. The number of nitrogens with zero attached hydrogens (tertiary/aromatic N) is 1. The van der Waals surface area contributed by atoms with Crippen LogP contribution < -0.4 is 15.8 Å². The van der Waals surface area contributed by atoms with Crippen molar-refractivity contribution in [1.82, 2.24) is 0 Å². The fourth-order valence-corrected chi connectivity index (χ4v) is 1.64. The molecule has 0 amide bonds. The first-order valence-corrected chi connectivity index (χ1v) is 6.15. The molecule has 0 aliphatic carbocycles. The molecule has 1 unspecified atom stereocenters. The van der Waals surface area contributed by atoms with Crippen molar-refractivity contribution < 1.29 is 9.94 Å². The van der Waals surface area contributed by atoms with Gasteiger partial charge in [0.05, 0.1) is 6.61 Å². The van der Waals surface area contributed by atoms with Gasteiger partial charge in [-0.2, -0.15) is 0 Å². The summed E-state index contributed by atoms with van der Waals surface area (Å²) in [6.45, 7) is 4.67. The molecule has 4 N–H and O–H groups in total. The normalized spacial score (nSPS) is 13.1. The molecule has 0 radical (unpaired) electrons. The van der Waals surface area contributed by atoms with E-state index in [0.717, 1.165) is 17.9 Å². The van der Waals surface area contributed by atoms with E-state index in [1.807, 2.05) is 31.2 Å². The van der Waals surface area contributed by atoms with Gasteiger partial charge >= 0.3 is 0 Å². The smallest absolute Gasteiger partial charge is 0.141 e. The Kier molecular flexibility index (Phi) is 5.84. The zero-order valence-electron chi connectivity index (χ0n) is 10.9. The largest absolute Gasteiger partial charge is 0.494 e. The van der Waals surface area contributed by atoms with Crippen LogP contribution in [-0.4, -0.2) is 23.7 Å². The molecule has 18 heavy (non-hydrogen) atoms. The van der Waals surface area contributed by atoms with Crippen molar-refractivity contribution in [3.8, 4) is 5.75 Å². The summed E-state index contributed by atoms with van der Waals surface area (Å²) in [5, 5.41) is 14.9. The van der Waals surface area contributed by atoms with E-state index in [-0.39, 0.29) is 11.9 Å². The van der Waals surface area contributed by atoms with Crippen LogP contribution in [-0.2, 0) is 0 Å². The SMILES string of the molecule is CCOc1ccc(NC(CC)CC(N)=NO)cc1. The molecule has 0 spiro atoms. The second kappa shape index (κ2) is 7.42. The van der Waals surface area contributed by atoms with Gasteiger partial charge in [-0.3, -0.25) is 0 Å². The third-order valence-electron chi connectivity index (χ3n) is 2.61. The molecule has 1 atom stereocenters. The van der Waals surface area contributed by atoms with Gasteiger partial charge in [-0.25, -0.2) is 0 Å². The molecule has 1 rings (SSSR count). The lowest BCUT2D eigenvalue weighted by Crippen LogP contribution is -2.26. The van der Waals surface area contributed by atoms with Gasteiger partial charge in [-0.05, 0) is 37.6 Å². The Morgan fingerprint density at radius 1 is 1.39 bits per heavy atom. The highest BCUT2D eigenvalue weighted by molar-refractivity contribution is 5.80. The molecule has 0 aromatic heterocycles. The first kappa shape index (κ1) is 14.2. The van der Waals surface area contributed by atoms with Crippen LogP contribution in [0.1, 0.15) is 26.7 Å². The number of rotatable bonds is 7. The Balaban J connectivity index is 2.58. The Labute approximate surface area is 108 Å². The zero-order chi connectivity index (χ0) is 13.4. The maximum atomic E-state index is 8.56. The molecular weight excluding hydrogens is 230 g/mol. The van der Waals surface area contributed by atoms with Crippen molar-refractivity contribution in [2.45, 2.75) is 32.7 Å². The average molecular weight is 251 g/mol. The Bertz CT molecular complexity index is 376. The van der Waals surface area contributed by atoms with Crippen LogP contribution in [0.2, 0.25) is 0 Å². The minimum Gasteiger partial charge on any atom is -0.494 e. The molecule has 0 saturated carbocycles. The van der Waals surface area contributed by atoms with E-state index >= 15 is 0 Å². The molecule has 0 aliphatic heterocycles. The lowest BCUT2D eigenvalue weighted by atomic mass is 10.1. The number of hydrogen-bond donors (Lipinski definition) is 3. The summed E-state index contributed by atoms with van der Waals surface area (Å²) < 4.78 is 5.37. The predicted octanol–water partition coefficient (Wildman–Crippen LogP) is 2.41. The van der Waals surface area contributed by atoms with Crippen molar-refractivity contribution in [2.75, 3.05) is 11.9 Å². The lowest BCUT2D eigenvalue weighted by molar-refractivity contribution is 0.316. The van der Waals surface area contributed by atoms with Gasteiger partial charge in [0, 0.05) is 18.2 Å². The van der Waals surface area contributed by atoms with Crippen molar-refractivity contribution >= 4 is 11.5 Å². The molecule has 5 heteroatoms. The molecular formula is C13H21N3O2. The van der Waals surface area contributed by atoms with E-state index in [9.17, 15) is 0 Å². The molecule has 0 fully saturated rings. The Morgan fingerprint density at radius 2 is 2.06 bits per heavy atom. The van der Waals surface area contributed by atoms with E-state index in [0.29, 0.717) is 13.0 Å². The van der Waals surface area contributed by atoms with E-state index in [2.05, 4.69) is 17.4 Å². The molecule has 100 valence electrons. The Hall–Kier alpha value is -1.91. The van der Waals surface area contributed by atoms with Crippen LogP contribution in [0.3, 0.4) is 0 Å². The number of hydrogen-bond acceptors (Lipinski definition) is 4. The van der Waals surface area contributed by atoms with E-state index in [1.54, 1.807) is 0 Å². The lowest BCUT2D eigenvalue weighted by Gasteiger charge is -2.17. The highest BCUT2D eigenvalue weighted by atomic mass is 16.5. The molecule has 0 heterocycles. The maximum Gasteiger partial charge on any atom is 0.141 e. The van der Waals surface area contributed by atoms with Crippen molar-refractivity contribution in [1.29, 1.82) is 0 Å². The van der Waals surface area contributed by atoms with Gasteiger partial charge in [0.2, 0.25) is 0 Å². The molecule has 1 aromatic carbocycles. The van der Waals surface area contributed by atoms with Crippen molar-refractivity contribution in [3.05, 3.63) is 24.3 Å². The number of nitrogens with one attached hydrogen (secondary N) is 1. The molecule has 0 aliphatic rings. The average Bonchev–Trinajstić information content (AvgIpc) is 2.40. The van der Waals surface area contributed by atoms with Crippen LogP contribution in [0.25, 0.3) is 0 Å². The van der Waals surface area contributed by atoms with Crippen LogP contribution in [0.4, 0.5) is 5.69 Å². The Morgan fingerprint density at radius 3 is 2.56 bits per heavy atom. The summed E-state index contributed by atoms with van der Waals surface area (Å²) in [7, 11) is 0. The standard InChI is InChI=1S/C13H21N3O2/c1-3-10(9-13(14)16-17)15-11-5-7-12(8-6-11)18-4-2/h5-8,10,15,17H,3-4,9H2,1-2H3,(H2,14,16). The molecule has 1 aromatic rings. The van der Waals surface area contributed by atoms with Gasteiger partial charge in [0.1, 0.15) is 11.6 Å². The fraction of sp³-hybridized carbons (Fsp3) is 0.462. The van der Waals surface area contributed by atoms with E-state index in [4.69, 9.17) is 15.7 Å². The van der Waals surface area contributed by atoms with Gasteiger partial charge in [0.25, 0.3) is 0 Å². The maximum absolute atomic E-state index is 8.56. The number of benzene rings is 1. The van der Waals surface area contributed by atoms with Crippen LogP contribution in [0.15, 0.2) is 29.4 Å². The van der Waals surface area contributed by atoms with Crippen LogP contribution >= 0.6 is 0 Å². The minimum absolute atomic E-state index is 0.152. The van der Waals surface area contributed by atoms with Gasteiger partial charge in [-0.1, -0.05) is 12.1 Å². The minimum atomic E-state index is 0.152. The van der Waals surface area contributed by atoms with Crippen LogP contribution in [0, 0.1) is 0 Å². The first-order chi connectivity index (χ1) is 8.69. The zero-order valence-corrected chi connectivity index (χ0v) is 10.9. The summed E-state index contributed by atoms with van der Waals surface area (Å²) in [4.78, 5) is 0. The summed E-state index contributed by atoms with van der Waals surface area (Å²) >= 11 is 0. The van der Waals surface area contributed by atoms with E-state index < -0.39 is 0 Å². The number of oxime groups is 1. The third-order valence-corrected chi connectivity index (χ3v) is 2.61. The quantitative estimate of drug-likeness (QED) is 0.301. The summed E-state index contributed by atoms with van der Waals surface area (Å²) in [5.74, 6) is 1.09. The highest BCUT2D eigenvalue weighted by Gasteiger charge is 2.08. The van der Waals surface area contributed by atoms with Gasteiger partial charge in [0.15, 0.2) is 0 Å². The molecule has 0 bridgehead atoms. The summed E-state index contributed by atoms with van der Waals surface area (Å²) in [6, 6.07) is 7.91. The number of anilines is 1. The predicted molar refractivity (Wildman–Crippen MR) is 73.3 cm³/mol.